The Labute approximate surface area is 86.5 Å². The molecular weight excluding hydrogens is 205 g/mol. The van der Waals surface area contributed by atoms with Crippen molar-refractivity contribution in [2.24, 2.45) is 0 Å². The van der Waals surface area contributed by atoms with Crippen molar-refractivity contribution in [3.8, 4) is 0 Å². The first-order valence-electron chi connectivity index (χ1n) is 4.40. The normalized spacial score (nSPS) is 10.7. The highest BCUT2D eigenvalue weighted by Crippen LogP contribution is 2.01. The van der Waals surface area contributed by atoms with Crippen molar-refractivity contribution >= 4 is 12.6 Å². The molecule has 0 aliphatic rings. The standard InChI is InChI=1S/C9H11BF2O3/c11-9(12)6-15-5-7-2-1-3-8(4-7)10(13)14/h1-4,9,13-14H,5-6H2. The van der Waals surface area contributed by atoms with Crippen molar-refractivity contribution in [2.75, 3.05) is 6.61 Å². The average Bonchev–Trinajstić information content (AvgIpc) is 2.17. The van der Waals surface area contributed by atoms with E-state index in [1.54, 1.807) is 12.1 Å². The van der Waals surface area contributed by atoms with Crippen LogP contribution in [0, 0.1) is 0 Å². The molecule has 0 heterocycles. The first-order chi connectivity index (χ1) is 7.09. The van der Waals surface area contributed by atoms with Gasteiger partial charge in [0.15, 0.2) is 0 Å². The van der Waals surface area contributed by atoms with Gasteiger partial charge in [-0.05, 0) is 11.0 Å². The molecule has 0 saturated carbocycles. The van der Waals surface area contributed by atoms with Crippen molar-refractivity contribution in [1.29, 1.82) is 0 Å². The maximum atomic E-state index is 11.7. The second-order valence-corrected chi connectivity index (χ2v) is 3.02. The summed E-state index contributed by atoms with van der Waals surface area (Å²) in [6.45, 7) is -0.587. The molecule has 0 aliphatic heterocycles. The minimum Gasteiger partial charge on any atom is -0.423 e. The quantitative estimate of drug-likeness (QED) is 0.688. The topological polar surface area (TPSA) is 49.7 Å². The van der Waals surface area contributed by atoms with Crippen LogP contribution in [0.15, 0.2) is 24.3 Å². The molecule has 0 unspecified atom stereocenters. The van der Waals surface area contributed by atoms with Crippen LogP contribution >= 0.6 is 0 Å². The summed E-state index contributed by atoms with van der Waals surface area (Å²) >= 11 is 0. The fourth-order valence-corrected chi connectivity index (χ4v) is 1.11. The minimum atomic E-state index is -2.49. The van der Waals surface area contributed by atoms with Gasteiger partial charge in [0.25, 0.3) is 6.43 Å². The summed E-state index contributed by atoms with van der Waals surface area (Å²) in [5.74, 6) is 0. The molecule has 0 fully saturated rings. The summed E-state index contributed by atoms with van der Waals surface area (Å²) in [4.78, 5) is 0. The second kappa shape index (κ2) is 5.80. The highest BCUT2D eigenvalue weighted by atomic mass is 19.3. The van der Waals surface area contributed by atoms with E-state index in [0.29, 0.717) is 11.0 Å². The predicted octanol–water partition coefficient (Wildman–Crippen LogP) is 0.148. The minimum absolute atomic E-state index is 0.0326. The lowest BCUT2D eigenvalue weighted by Crippen LogP contribution is -2.29. The van der Waals surface area contributed by atoms with Crippen molar-refractivity contribution in [1.82, 2.24) is 0 Å². The number of benzene rings is 1. The average molecular weight is 216 g/mol. The van der Waals surface area contributed by atoms with E-state index in [1.165, 1.54) is 12.1 Å². The van der Waals surface area contributed by atoms with Gasteiger partial charge in [0, 0.05) is 0 Å². The van der Waals surface area contributed by atoms with Gasteiger partial charge in [0.1, 0.15) is 6.61 Å². The van der Waals surface area contributed by atoms with Crippen LogP contribution in [0.4, 0.5) is 8.78 Å². The maximum absolute atomic E-state index is 11.7. The Kier molecular flexibility index (Phi) is 4.67. The van der Waals surface area contributed by atoms with E-state index < -0.39 is 20.2 Å². The zero-order valence-corrected chi connectivity index (χ0v) is 7.94. The smallest absolute Gasteiger partial charge is 0.423 e. The Bertz CT molecular complexity index is 307. The van der Waals surface area contributed by atoms with Gasteiger partial charge >= 0.3 is 7.12 Å². The molecule has 0 aromatic heterocycles. The molecule has 0 amide bonds. The fourth-order valence-electron chi connectivity index (χ4n) is 1.11. The van der Waals surface area contributed by atoms with Crippen LogP contribution in [0.1, 0.15) is 5.56 Å². The Hall–Kier alpha value is -0.975. The zero-order chi connectivity index (χ0) is 11.3. The summed E-state index contributed by atoms with van der Waals surface area (Å²) < 4.78 is 28.2. The van der Waals surface area contributed by atoms with Crippen LogP contribution in [0.25, 0.3) is 0 Å². The van der Waals surface area contributed by atoms with Gasteiger partial charge in [-0.15, -0.1) is 0 Å². The highest BCUT2D eigenvalue weighted by molar-refractivity contribution is 6.58. The Balaban J connectivity index is 2.50. The van der Waals surface area contributed by atoms with E-state index in [9.17, 15) is 8.78 Å². The summed E-state index contributed by atoms with van der Waals surface area (Å²) in [7, 11) is -1.56. The lowest BCUT2D eigenvalue weighted by atomic mass is 9.80. The monoisotopic (exact) mass is 216 g/mol. The molecule has 0 aliphatic carbocycles. The molecule has 2 N–H and O–H groups in total. The molecule has 0 atom stereocenters. The summed E-state index contributed by atoms with van der Waals surface area (Å²) in [5.41, 5.74) is 0.939. The molecular formula is C9H11BF2O3. The third kappa shape index (κ3) is 4.37. The largest absolute Gasteiger partial charge is 0.488 e. The van der Waals surface area contributed by atoms with Crippen LogP contribution < -0.4 is 5.46 Å². The Morgan fingerprint density at radius 2 is 2.07 bits per heavy atom. The van der Waals surface area contributed by atoms with Crippen LogP contribution in [0.5, 0.6) is 0 Å². The van der Waals surface area contributed by atoms with Gasteiger partial charge in [-0.1, -0.05) is 24.3 Å². The van der Waals surface area contributed by atoms with E-state index in [2.05, 4.69) is 0 Å². The molecule has 1 rings (SSSR count). The lowest BCUT2D eigenvalue weighted by Gasteiger charge is -2.05. The number of alkyl halides is 2. The van der Waals surface area contributed by atoms with Gasteiger partial charge in [0.05, 0.1) is 6.61 Å². The second-order valence-electron chi connectivity index (χ2n) is 3.02. The third-order valence-corrected chi connectivity index (χ3v) is 1.76. The number of halogens is 2. The molecule has 6 heteroatoms. The highest BCUT2D eigenvalue weighted by Gasteiger charge is 2.10. The van der Waals surface area contributed by atoms with Crippen molar-refractivity contribution in [2.45, 2.75) is 13.0 Å². The lowest BCUT2D eigenvalue weighted by molar-refractivity contribution is 0.00989. The molecule has 1 aromatic rings. The summed E-state index contributed by atoms with van der Waals surface area (Å²) in [5, 5.41) is 17.7. The van der Waals surface area contributed by atoms with Crippen LogP contribution in [0.2, 0.25) is 0 Å². The zero-order valence-electron chi connectivity index (χ0n) is 7.94. The van der Waals surface area contributed by atoms with Crippen molar-refractivity contribution in [3.05, 3.63) is 29.8 Å². The Morgan fingerprint density at radius 1 is 1.33 bits per heavy atom. The van der Waals surface area contributed by atoms with Crippen molar-refractivity contribution in [3.63, 3.8) is 0 Å². The van der Waals surface area contributed by atoms with Gasteiger partial charge in [0.2, 0.25) is 0 Å². The van der Waals surface area contributed by atoms with E-state index in [1.807, 2.05) is 0 Å². The molecule has 15 heavy (non-hydrogen) atoms. The molecule has 0 saturated heterocycles. The molecule has 0 bridgehead atoms. The number of hydrogen-bond donors (Lipinski definition) is 2. The number of hydrogen-bond acceptors (Lipinski definition) is 3. The van der Waals surface area contributed by atoms with Crippen LogP contribution in [-0.4, -0.2) is 30.2 Å². The fraction of sp³-hybridized carbons (Fsp3) is 0.333. The van der Waals surface area contributed by atoms with Gasteiger partial charge < -0.3 is 14.8 Å². The number of rotatable bonds is 5. The van der Waals surface area contributed by atoms with E-state index in [0.717, 1.165) is 0 Å². The summed E-state index contributed by atoms with van der Waals surface area (Å²) in [6, 6.07) is 6.30. The first kappa shape index (κ1) is 12.1. The van der Waals surface area contributed by atoms with E-state index in [4.69, 9.17) is 14.8 Å². The molecule has 1 aromatic carbocycles. The molecule has 82 valence electrons. The molecule has 0 radical (unpaired) electrons. The maximum Gasteiger partial charge on any atom is 0.488 e. The van der Waals surface area contributed by atoms with Crippen LogP contribution in [-0.2, 0) is 11.3 Å². The van der Waals surface area contributed by atoms with E-state index in [-0.39, 0.29) is 6.61 Å². The SMILES string of the molecule is OB(O)c1cccc(COCC(F)F)c1. The van der Waals surface area contributed by atoms with Gasteiger partial charge in [-0.25, -0.2) is 8.78 Å². The molecule has 0 spiro atoms. The van der Waals surface area contributed by atoms with Gasteiger partial charge in [-0.2, -0.15) is 0 Å². The first-order valence-corrected chi connectivity index (χ1v) is 4.40. The third-order valence-electron chi connectivity index (χ3n) is 1.76. The van der Waals surface area contributed by atoms with Crippen molar-refractivity contribution < 1.29 is 23.6 Å². The number of ether oxygens (including phenoxy) is 1. The predicted molar refractivity (Wildman–Crippen MR) is 51.9 cm³/mol. The van der Waals surface area contributed by atoms with E-state index >= 15 is 0 Å². The molecule has 3 nitrogen and oxygen atoms in total. The van der Waals surface area contributed by atoms with Gasteiger partial charge in [-0.3, -0.25) is 0 Å². The Morgan fingerprint density at radius 3 is 2.67 bits per heavy atom. The van der Waals surface area contributed by atoms with Crippen LogP contribution in [0.3, 0.4) is 0 Å². The summed E-state index contributed by atoms with van der Waals surface area (Å²) in [6.07, 6.45) is -2.49.